The molecule has 130 valence electrons. The molecule has 3 rings (SSSR count). The van der Waals surface area contributed by atoms with Gasteiger partial charge in [0.2, 0.25) is 0 Å². The number of carbonyl (C=O) groups is 1. The Morgan fingerprint density at radius 2 is 1.92 bits per heavy atom. The Hall–Kier alpha value is -2.69. The van der Waals surface area contributed by atoms with Crippen LogP contribution in [0.2, 0.25) is 0 Å². The molecule has 25 heavy (non-hydrogen) atoms. The number of rotatable bonds is 6. The fourth-order valence-corrected chi connectivity index (χ4v) is 2.82. The number of hydrogen-bond acceptors (Lipinski definition) is 3. The molecule has 0 saturated heterocycles. The standard InChI is InChI=1S/C20H21FN2O2/c1-3-19-22-17-10-7-15(21)13-18(17)23(19)16-8-5-14(6-9-16)11-12-25-20(24)4-2/h5-10,13H,3-4,11-12H2,1-2H3. The van der Waals surface area contributed by atoms with Crippen LogP contribution in [0.1, 0.15) is 31.7 Å². The summed E-state index contributed by atoms with van der Waals surface area (Å²) in [5.41, 5.74) is 3.58. The van der Waals surface area contributed by atoms with E-state index in [9.17, 15) is 9.18 Å². The summed E-state index contributed by atoms with van der Waals surface area (Å²) < 4.78 is 20.8. The van der Waals surface area contributed by atoms with Crippen molar-refractivity contribution < 1.29 is 13.9 Å². The maximum Gasteiger partial charge on any atom is 0.305 e. The largest absolute Gasteiger partial charge is 0.465 e. The van der Waals surface area contributed by atoms with Crippen LogP contribution in [0.4, 0.5) is 4.39 Å². The van der Waals surface area contributed by atoms with E-state index in [0.717, 1.165) is 34.5 Å². The number of nitrogens with zero attached hydrogens (tertiary/aromatic N) is 2. The normalized spacial score (nSPS) is 11.0. The van der Waals surface area contributed by atoms with Crippen LogP contribution in [-0.2, 0) is 22.4 Å². The predicted octanol–water partition coefficient (Wildman–Crippen LogP) is 4.22. The molecule has 3 aromatic rings. The maximum absolute atomic E-state index is 13.7. The first-order chi connectivity index (χ1) is 12.1. The maximum atomic E-state index is 13.7. The monoisotopic (exact) mass is 340 g/mol. The minimum atomic E-state index is -0.273. The second-order valence-corrected chi connectivity index (χ2v) is 5.84. The molecule has 0 aliphatic carbocycles. The first-order valence-electron chi connectivity index (χ1n) is 8.54. The zero-order valence-corrected chi connectivity index (χ0v) is 14.5. The van der Waals surface area contributed by atoms with E-state index in [-0.39, 0.29) is 11.8 Å². The van der Waals surface area contributed by atoms with Gasteiger partial charge in [0.15, 0.2) is 0 Å². The van der Waals surface area contributed by atoms with Crippen molar-refractivity contribution in [3.05, 3.63) is 59.7 Å². The quantitative estimate of drug-likeness (QED) is 0.631. The molecule has 0 N–H and O–H groups in total. The first kappa shape index (κ1) is 17.1. The van der Waals surface area contributed by atoms with Gasteiger partial charge in [-0.15, -0.1) is 0 Å². The van der Waals surface area contributed by atoms with E-state index in [0.29, 0.717) is 19.4 Å². The number of benzene rings is 2. The van der Waals surface area contributed by atoms with Gasteiger partial charge in [-0.25, -0.2) is 9.37 Å². The summed E-state index contributed by atoms with van der Waals surface area (Å²) >= 11 is 0. The van der Waals surface area contributed by atoms with Gasteiger partial charge in [-0.1, -0.05) is 26.0 Å². The molecule has 2 aromatic carbocycles. The lowest BCUT2D eigenvalue weighted by Crippen LogP contribution is -2.06. The van der Waals surface area contributed by atoms with Crippen LogP contribution in [-0.4, -0.2) is 22.1 Å². The number of imidazole rings is 1. The summed E-state index contributed by atoms with van der Waals surface area (Å²) in [6.45, 7) is 4.19. The molecule has 5 heteroatoms. The fraction of sp³-hybridized carbons (Fsp3) is 0.300. The third-order valence-corrected chi connectivity index (χ3v) is 4.14. The Balaban J connectivity index is 1.86. The van der Waals surface area contributed by atoms with Gasteiger partial charge in [-0.3, -0.25) is 9.36 Å². The van der Waals surface area contributed by atoms with E-state index in [1.807, 2.05) is 35.8 Å². The lowest BCUT2D eigenvalue weighted by molar-refractivity contribution is -0.143. The van der Waals surface area contributed by atoms with Crippen molar-refractivity contribution in [2.45, 2.75) is 33.1 Å². The minimum Gasteiger partial charge on any atom is -0.465 e. The zero-order chi connectivity index (χ0) is 17.8. The lowest BCUT2D eigenvalue weighted by atomic mass is 10.1. The van der Waals surface area contributed by atoms with E-state index in [4.69, 9.17) is 4.74 Å². The van der Waals surface area contributed by atoms with Gasteiger partial charge in [0, 0.05) is 31.0 Å². The van der Waals surface area contributed by atoms with Gasteiger partial charge < -0.3 is 4.74 Å². The van der Waals surface area contributed by atoms with Crippen LogP contribution >= 0.6 is 0 Å². The van der Waals surface area contributed by atoms with Crippen LogP contribution in [0.3, 0.4) is 0 Å². The number of esters is 1. The average Bonchev–Trinajstić information content (AvgIpc) is 2.99. The van der Waals surface area contributed by atoms with Crippen molar-refractivity contribution in [1.29, 1.82) is 0 Å². The number of aryl methyl sites for hydroxylation is 1. The molecule has 1 aromatic heterocycles. The molecule has 4 nitrogen and oxygen atoms in total. The van der Waals surface area contributed by atoms with Crippen molar-refractivity contribution in [3.63, 3.8) is 0 Å². The average molecular weight is 340 g/mol. The Kier molecular flexibility index (Phi) is 5.12. The van der Waals surface area contributed by atoms with Gasteiger partial charge in [-0.05, 0) is 29.8 Å². The lowest BCUT2D eigenvalue weighted by Gasteiger charge is -2.10. The fourth-order valence-electron chi connectivity index (χ4n) is 2.82. The molecular formula is C20H21FN2O2. The Morgan fingerprint density at radius 1 is 1.16 bits per heavy atom. The van der Waals surface area contributed by atoms with E-state index in [1.54, 1.807) is 13.0 Å². The minimum absolute atomic E-state index is 0.184. The van der Waals surface area contributed by atoms with E-state index >= 15 is 0 Å². The molecule has 0 amide bonds. The highest BCUT2D eigenvalue weighted by molar-refractivity contribution is 5.78. The van der Waals surface area contributed by atoms with Gasteiger partial charge in [0.05, 0.1) is 17.6 Å². The van der Waals surface area contributed by atoms with Crippen molar-refractivity contribution in [2.75, 3.05) is 6.61 Å². The van der Waals surface area contributed by atoms with Gasteiger partial charge in [-0.2, -0.15) is 0 Å². The SMILES string of the molecule is CCC(=O)OCCc1ccc(-n2c(CC)nc3ccc(F)cc32)cc1. The molecule has 0 aliphatic rings. The molecule has 0 fully saturated rings. The Labute approximate surface area is 146 Å². The van der Waals surface area contributed by atoms with E-state index in [1.165, 1.54) is 12.1 Å². The van der Waals surface area contributed by atoms with Gasteiger partial charge in [0.1, 0.15) is 11.6 Å². The summed E-state index contributed by atoms with van der Waals surface area (Å²) in [5.74, 6) is 0.437. The van der Waals surface area contributed by atoms with Crippen LogP contribution in [0.15, 0.2) is 42.5 Å². The number of ether oxygens (including phenoxy) is 1. The zero-order valence-electron chi connectivity index (χ0n) is 14.5. The molecule has 1 heterocycles. The number of fused-ring (bicyclic) bond motifs is 1. The van der Waals surface area contributed by atoms with Gasteiger partial charge in [0.25, 0.3) is 0 Å². The second-order valence-electron chi connectivity index (χ2n) is 5.84. The first-order valence-corrected chi connectivity index (χ1v) is 8.54. The summed E-state index contributed by atoms with van der Waals surface area (Å²) in [4.78, 5) is 15.8. The van der Waals surface area contributed by atoms with Crippen molar-refractivity contribution in [2.24, 2.45) is 0 Å². The molecule has 0 atom stereocenters. The molecule has 0 aliphatic heterocycles. The van der Waals surface area contributed by atoms with Gasteiger partial charge >= 0.3 is 5.97 Å². The molecule has 0 saturated carbocycles. The van der Waals surface area contributed by atoms with E-state index < -0.39 is 0 Å². The third kappa shape index (κ3) is 3.71. The van der Waals surface area contributed by atoms with Crippen LogP contribution in [0.25, 0.3) is 16.7 Å². The van der Waals surface area contributed by atoms with Crippen LogP contribution in [0.5, 0.6) is 0 Å². The summed E-state index contributed by atoms with van der Waals surface area (Å²) in [6.07, 6.45) is 1.82. The van der Waals surface area contributed by atoms with Crippen LogP contribution < -0.4 is 0 Å². The number of halogens is 1. The highest BCUT2D eigenvalue weighted by atomic mass is 19.1. The summed E-state index contributed by atoms with van der Waals surface area (Å²) in [5, 5.41) is 0. The third-order valence-electron chi connectivity index (χ3n) is 4.14. The molecule has 0 radical (unpaired) electrons. The Morgan fingerprint density at radius 3 is 2.60 bits per heavy atom. The number of hydrogen-bond donors (Lipinski definition) is 0. The molecular weight excluding hydrogens is 319 g/mol. The Bertz CT molecular complexity index is 885. The van der Waals surface area contributed by atoms with Crippen molar-refractivity contribution in [3.8, 4) is 5.69 Å². The summed E-state index contributed by atoms with van der Waals surface area (Å²) in [6, 6.07) is 12.6. The molecule has 0 unspecified atom stereocenters. The number of carbonyl (C=O) groups excluding carboxylic acids is 1. The molecule has 0 bridgehead atoms. The van der Waals surface area contributed by atoms with Crippen molar-refractivity contribution >= 4 is 17.0 Å². The van der Waals surface area contributed by atoms with Crippen LogP contribution in [0, 0.1) is 5.82 Å². The second kappa shape index (κ2) is 7.47. The highest BCUT2D eigenvalue weighted by Crippen LogP contribution is 2.23. The predicted molar refractivity (Wildman–Crippen MR) is 95.4 cm³/mol. The van der Waals surface area contributed by atoms with Crippen molar-refractivity contribution in [1.82, 2.24) is 9.55 Å². The smallest absolute Gasteiger partial charge is 0.305 e. The van der Waals surface area contributed by atoms with E-state index in [2.05, 4.69) is 4.98 Å². The summed E-state index contributed by atoms with van der Waals surface area (Å²) in [7, 11) is 0. The topological polar surface area (TPSA) is 44.1 Å². The molecule has 0 spiro atoms. The highest BCUT2D eigenvalue weighted by Gasteiger charge is 2.12. The number of aromatic nitrogens is 2.